The van der Waals surface area contributed by atoms with Gasteiger partial charge >= 0.3 is 0 Å². The van der Waals surface area contributed by atoms with Gasteiger partial charge in [0.2, 0.25) is 0 Å². The highest BCUT2D eigenvalue weighted by atomic mass is 79.9. The molecule has 0 heterocycles. The first kappa shape index (κ1) is 7.60. The summed E-state index contributed by atoms with van der Waals surface area (Å²) in [5, 5.41) is 0. The summed E-state index contributed by atoms with van der Waals surface area (Å²) >= 11 is 0. The number of halogens is 1. The van der Waals surface area contributed by atoms with Gasteiger partial charge in [-0.25, -0.2) is 0 Å². The normalized spacial score (nSPS) is 49.5. The maximum absolute atomic E-state index is 2.44. The summed E-state index contributed by atoms with van der Waals surface area (Å²) in [7, 11) is 0. The highest BCUT2D eigenvalue weighted by molar-refractivity contribution is 8.93. The molecule has 0 radical (unpaired) electrons. The molecule has 4 atom stereocenters. The van der Waals surface area contributed by atoms with Crippen molar-refractivity contribution in [3.8, 4) is 0 Å². The molecule has 0 aliphatic heterocycles. The van der Waals surface area contributed by atoms with Crippen LogP contribution in [0, 0.1) is 23.7 Å². The molecule has 4 unspecified atom stereocenters. The maximum atomic E-state index is 2.44. The molecule has 0 N–H and O–H groups in total. The van der Waals surface area contributed by atoms with E-state index in [1.54, 1.807) is 0 Å². The fraction of sp³-hybridized carbons (Fsp3) is 0.600. The highest BCUT2D eigenvalue weighted by Crippen LogP contribution is 2.52. The lowest BCUT2D eigenvalue weighted by molar-refractivity contribution is 0.398. The Balaban J connectivity index is 0.000000480. The molecule has 3 rings (SSSR count). The van der Waals surface area contributed by atoms with Crippen LogP contribution in [0.3, 0.4) is 0 Å². The third-order valence-corrected chi connectivity index (χ3v) is 3.46. The molecule has 60 valence electrons. The number of hydrogen-bond donors (Lipinski definition) is 0. The molecule has 0 aromatic carbocycles. The maximum Gasteiger partial charge on any atom is -0.0133 e. The second-order valence-corrected chi connectivity index (χ2v) is 3.85. The first-order chi connectivity index (χ1) is 4.95. The predicted molar refractivity (Wildman–Crippen MR) is 51.8 cm³/mol. The van der Waals surface area contributed by atoms with E-state index in [9.17, 15) is 0 Å². The van der Waals surface area contributed by atoms with Crippen molar-refractivity contribution in [2.24, 2.45) is 23.7 Å². The predicted octanol–water partition coefficient (Wildman–Crippen LogP) is 2.96. The van der Waals surface area contributed by atoms with Crippen molar-refractivity contribution in [3.63, 3.8) is 0 Å². The average molecular weight is 213 g/mol. The largest absolute Gasteiger partial charge is 0.114 e. The van der Waals surface area contributed by atoms with Crippen molar-refractivity contribution < 1.29 is 0 Å². The van der Waals surface area contributed by atoms with Crippen molar-refractivity contribution in [1.82, 2.24) is 0 Å². The Kier molecular flexibility index (Phi) is 1.71. The molecule has 3 aliphatic carbocycles. The van der Waals surface area contributed by atoms with Gasteiger partial charge in [0, 0.05) is 0 Å². The van der Waals surface area contributed by atoms with E-state index in [-0.39, 0.29) is 17.0 Å². The molecule has 0 spiro atoms. The average Bonchev–Trinajstić information content (AvgIpc) is 2.60. The van der Waals surface area contributed by atoms with E-state index in [1.165, 1.54) is 12.8 Å². The lowest BCUT2D eigenvalue weighted by Crippen LogP contribution is -2.12. The van der Waals surface area contributed by atoms with E-state index in [2.05, 4.69) is 24.3 Å². The van der Waals surface area contributed by atoms with Gasteiger partial charge in [-0.1, -0.05) is 24.3 Å². The van der Waals surface area contributed by atoms with Crippen LogP contribution in [-0.4, -0.2) is 0 Å². The van der Waals surface area contributed by atoms with E-state index in [4.69, 9.17) is 0 Å². The molecular formula is C10H13Br. The topological polar surface area (TPSA) is 0 Å². The zero-order valence-corrected chi connectivity index (χ0v) is 8.15. The first-order valence-electron chi connectivity index (χ1n) is 4.30. The molecule has 2 bridgehead atoms. The summed E-state index contributed by atoms with van der Waals surface area (Å²) in [6.45, 7) is 0. The van der Waals surface area contributed by atoms with Gasteiger partial charge in [0.05, 0.1) is 0 Å². The van der Waals surface area contributed by atoms with Gasteiger partial charge in [-0.2, -0.15) is 0 Å². The fourth-order valence-electron chi connectivity index (χ4n) is 2.97. The summed E-state index contributed by atoms with van der Waals surface area (Å²) in [6.07, 6.45) is 12.5. The van der Waals surface area contributed by atoms with E-state index in [0.29, 0.717) is 0 Å². The standard InChI is InChI=1S/C10H12.BrH/c1-2-9-7-4-5-8(6-7)10(9)3-1;/h1-2,4-5,7-10H,3,6H2;1H. The number of hydrogen-bond acceptors (Lipinski definition) is 0. The minimum Gasteiger partial charge on any atom is -0.114 e. The van der Waals surface area contributed by atoms with Crippen molar-refractivity contribution in [2.75, 3.05) is 0 Å². The zero-order valence-electron chi connectivity index (χ0n) is 6.44. The number of fused-ring (bicyclic) bond motifs is 5. The number of rotatable bonds is 0. The van der Waals surface area contributed by atoms with Crippen LogP contribution in [0.15, 0.2) is 24.3 Å². The second kappa shape index (κ2) is 2.48. The summed E-state index contributed by atoms with van der Waals surface area (Å²) in [5.41, 5.74) is 0. The Morgan fingerprint density at radius 3 is 2.64 bits per heavy atom. The van der Waals surface area contributed by atoms with Crippen molar-refractivity contribution in [3.05, 3.63) is 24.3 Å². The number of allylic oxidation sites excluding steroid dienone is 4. The zero-order chi connectivity index (χ0) is 6.55. The Morgan fingerprint density at radius 2 is 1.82 bits per heavy atom. The summed E-state index contributed by atoms with van der Waals surface area (Å²) in [6, 6.07) is 0. The lowest BCUT2D eigenvalue weighted by atomic mass is 9.86. The summed E-state index contributed by atoms with van der Waals surface area (Å²) in [4.78, 5) is 0. The molecule has 1 fully saturated rings. The Labute approximate surface area is 78.1 Å². The Morgan fingerprint density at radius 1 is 1.00 bits per heavy atom. The minimum absolute atomic E-state index is 0. The lowest BCUT2D eigenvalue weighted by Gasteiger charge is -2.18. The first-order valence-corrected chi connectivity index (χ1v) is 4.30. The van der Waals surface area contributed by atoms with Crippen LogP contribution in [0.2, 0.25) is 0 Å². The van der Waals surface area contributed by atoms with E-state index in [1.807, 2.05) is 0 Å². The molecule has 0 aromatic heterocycles. The molecule has 1 saturated carbocycles. The van der Waals surface area contributed by atoms with Crippen LogP contribution < -0.4 is 0 Å². The van der Waals surface area contributed by atoms with Gasteiger partial charge in [0.1, 0.15) is 0 Å². The van der Waals surface area contributed by atoms with Crippen LogP contribution in [0.1, 0.15) is 12.8 Å². The van der Waals surface area contributed by atoms with Crippen molar-refractivity contribution in [2.45, 2.75) is 12.8 Å². The van der Waals surface area contributed by atoms with Crippen LogP contribution in [-0.2, 0) is 0 Å². The Hall–Kier alpha value is -0.0400. The smallest absolute Gasteiger partial charge is 0.0133 e. The SMILES string of the molecule is Br.C1=CC2C3C=CC(C3)C2C1. The molecule has 0 nitrogen and oxygen atoms in total. The molecule has 0 aromatic rings. The monoisotopic (exact) mass is 212 g/mol. The van der Waals surface area contributed by atoms with Crippen LogP contribution >= 0.6 is 17.0 Å². The van der Waals surface area contributed by atoms with Crippen molar-refractivity contribution >= 4 is 17.0 Å². The molecule has 11 heavy (non-hydrogen) atoms. The second-order valence-electron chi connectivity index (χ2n) is 3.85. The van der Waals surface area contributed by atoms with Crippen LogP contribution in [0.25, 0.3) is 0 Å². The van der Waals surface area contributed by atoms with Gasteiger partial charge < -0.3 is 0 Å². The molecule has 3 aliphatic rings. The molecule has 1 heteroatoms. The van der Waals surface area contributed by atoms with E-state index in [0.717, 1.165) is 23.7 Å². The van der Waals surface area contributed by atoms with E-state index < -0.39 is 0 Å². The van der Waals surface area contributed by atoms with Gasteiger partial charge in [0.15, 0.2) is 0 Å². The Bertz CT molecular complexity index is 217. The third-order valence-electron chi connectivity index (χ3n) is 3.46. The highest BCUT2D eigenvalue weighted by Gasteiger charge is 2.44. The minimum atomic E-state index is 0. The van der Waals surface area contributed by atoms with E-state index >= 15 is 0 Å². The fourth-order valence-corrected chi connectivity index (χ4v) is 2.97. The van der Waals surface area contributed by atoms with Crippen LogP contribution in [0.4, 0.5) is 0 Å². The quantitative estimate of drug-likeness (QED) is 0.542. The van der Waals surface area contributed by atoms with Gasteiger partial charge in [0.25, 0.3) is 0 Å². The summed E-state index contributed by atoms with van der Waals surface area (Å²) in [5.74, 6) is 3.82. The molecule has 0 amide bonds. The van der Waals surface area contributed by atoms with Gasteiger partial charge in [-0.05, 0) is 36.5 Å². The molecular weight excluding hydrogens is 200 g/mol. The van der Waals surface area contributed by atoms with Crippen LogP contribution in [0.5, 0.6) is 0 Å². The van der Waals surface area contributed by atoms with Gasteiger partial charge in [-0.3, -0.25) is 0 Å². The van der Waals surface area contributed by atoms with Crippen molar-refractivity contribution in [1.29, 1.82) is 0 Å². The summed E-state index contributed by atoms with van der Waals surface area (Å²) < 4.78 is 0. The third kappa shape index (κ3) is 0.868. The molecule has 0 saturated heterocycles. The van der Waals surface area contributed by atoms with Gasteiger partial charge in [-0.15, -0.1) is 17.0 Å².